The van der Waals surface area contributed by atoms with Crippen molar-refractivity contribution in [3.8, 4) is 0 Å². The van der Waals surface area contributed by atoms with Gasteiger partial charge in [-0.15, -0.1) is 0 Å². The van der Waals surface area contributed by atoms with Crippen molar-refractivity contribution in [1.29, 1.82) is 0 Å². The molecule has 0 aromatic carbocycles. The summed E-state index contributed by atoms with van der Waals surface area (Å²) in [6.45, 7) is 5.89. The fourth-order valence-corrected chi connectivity index (χ4v) is 2.86. The van der Waals surface area contributed by atoms with Crippen LogP contribution in [0.1, 0.15) is 37.0 Å². The van der Waals surface area contributed by atoms with E-state index in [0.29, 0.717) is 23.6 Å². The highest BCUT2D eigenvalue weighted by Gasteiger charge is 2.34. The second kappa shape index (κ2) is 5.45. The molecule has 3 rings (SSSR count). The largest absolute Gasteiger partial charge is 0.464 e. The van der Waals surface area contributed by atoms with Gasteiger partial charge in [-0.25, -0.2) is 9.59 Å². The zero-order valence-corrected chi connectivity index (χ0v) is 13.2. The Labute approximate surface area is 131 Å². The van der Waals surface area contributed by atoms with Crippen LogP contribution < -0.4 is 21.9 Å². The number of carbonyl (C=O) groups excluding carboxylic acids is 1. The first-order chi connectivity index (χ1) is 11.0. The Morgan fingerprint density at radius 1 is 1.13 bits per heavy atom. The van der Waals surface area contributed by atoms with E-state index in [0.717, 1.165) is 4.57 Å². The molecule has 8 heteroatoms. The van der Waals surface area contributed by atoms with Gasteiger partial charge in [0.15, 0.2) is 0 Å². The van der Waals surface area contributed by atoms with Crippen molar-refractivity contribution < 1.29 is 9.21 Å². The number of aromatic nitrogens is 2. The van der Waals surface area contributed by atoms with Crippen LogP contribution in [-0.4, -0.2) is 15.2 Å². The first-order valence-electron chi connectivity index (χ1n) is 7.49. The number of amides is 2. The number of carbonyl (C=O) groups is 1. The van der Waals surface area contributed by atoms with Gasteiger partial charge in [-0.1, -0.05) is 0 Å². The van der Waals surface area contributed by atoms with Crippen LogP contribution in [0, 0.1) is 6.92 Å². The summed E-state index contributed by atoms with van der Waals surface area (Å²) >= 11 is 0. The zero-order valence-electron chi connectivity index (χ0n) is 13.2. The van der Waals surface area contributed by atoms with Crippen molar-refractivity contribution in [1.82, 2.24) is 14.5 Å². The van der Waals surface area contributed by atoms with Crippen molar-refractivity contribution >= 4 is 11.8 Å². The Morgan fingerprint density at radius 3 is 2.39 bits per heavy atom. The Kier molecular flexibility index (Phi) is 3.59. The van der Waals surface area contributed by atoms with Gasteiger partial charge >= 0.3 is 11.7 Å². The first-order valence-corrected chi connectivity index (χ1v) is 7.49. The molecule has 0 aliphatic carbocycles. The smallest absolute Gasteiger partial charge is 0.332 e. The molecule has 23 heavy (non-hydrogen) atoms. The molecule has 1 atom stereocenters. The normalized spacial score (nSPS) is 16.7. The summed E-state index contributed by atoms with van der Waals surface area (Å²) < 4.78 is 8.13. The summed E-state index contributed by atoms with van der Waals surface area (Å²) in [6, 6.07) is 2.27. The molecule has 2 N–H and O–H groups in total. The molecule has 0 bridgehead atoms. The predicted octanol–water partition coefficient (Wildman–Crippen LogP) is 1.18. The molecule has 0 fully saturated rings. The Bertz CT molecular complexity index is 890. The molecular formula is C15H18N4O4. The summed E-state index contributed by atoms with van der Waals surface area (Å²) in [5.41, 5.74) is -0.554. The molecule has 1 aliphatic heterocycles. The lowest BCUT2D eigenvalue weighted by Gasteiger charge is -2.28. The van der Waals surface area contributed by atoms with Gasteiger partial charge in [0.25, 0.3) is 5.56 Å². The first kappa shape index (κ1) is 15.1. The maximum absolute atomic E-state index is 12.7. The van der Waals surface area contributed by atoms with E-state index in [-0.39, 0.29) is 12.4 Å². The SMILES string of the molecule is CCn1c2c(c(=O)n(CC)c1=O)C(c1ccc(C)o1)NC(=O)N2. The van der Waals surface area contributed by atoms with E-state index in [1.165, 1.54) is 4.57 Å². The van der Waals surface area contributed by atoms with Crippen LogP contribution in [0.4, 0.5) is 10.6 Å². The molecule has 122 valence electrons. The molecule has 0 saturated carbocycles. The number of rotatable bonds is 3. The van der Waals surface area contributed by atoms with Gasteiger partial charge in [0.1, 0.15) is 23.4 Å². The van der Waals surface area contributed by atoms with E-state index in [2.05, 4.69) is 10.6 Å². The number of urea groups is 1. The quantitative estimate of drug-likeness (QED) is 0.887. The van der Waals surface area contributed by atoms with Crippen LogP contribution in [0.15, 0.2) is 26.1 Å². The van der Waals surface area contributed by atoms with Crippen molar-refractivity contribution in [2.24, 2.45) is 0 Å². The average Bonchev–Trinajstić information content (AvgIpc) is 2.93. The molecule has 0 spiro atoms. The summed E-state index contributed by atoms with van der Waals surface area (Å²) in [7, 11) is 0. The number of aryl methyl sites for hydroxylation is 1. The number of hydrogen-bond acceptors (Lipinski definition) is 4. The number of nitrogens with zero attached hydrogens (tertiary/aromatic N) is 2. The molecule has 2 aromatic rings. The second-order valence-electron chi connectivity index (χ2n) is 5.32. The van der Waals surface area contributed by atoms with Gasteiger partial charge in [-0.2, -0.15) is 0 Å². The summed E-state index contributed by atoms with van der Waals surface area (Å²) in [4.78, 5) is 37.1. The van der Waals surface area contributed by atoms with Crippen LogP contribution in [0.25, 0.3) is 0 Å². The lowest BCUT2D eigenvalue weighted by molar-refractivity contribution is 0.246. The second-order valence-corrected chi connectivity index (χ2v) is 5.32. The molecule has 0 radical (unpaired) electrons. The van der Waals surface area contributed by atoms with E-state index in [1.54, 1.807) is 32.9 Å². The van der Waals surface area contributed by atoms with E-state index < -0.39 is 23.3 Å². The van der Waals surface area contributed by atoms with E-state index in [1.807, 2.05) is 0 Å². The van der Waals surface area contributed by atoms with Crippen molar-refractivity contribution in [3.05, 3.63) is 50.1 Å². The minimum absolute atomic E-state index is 0.231. The maximum Gasteiger partial charge on any atom is 0.332 e. The molecular weight excluding hydrogens is 300 g/mol. The van der Waals surface area contributed by atoms with Crippen molar-refractivity contribution in [2.45, 2.75) is 39.9 Å². The van der Waals surface area contributed by atoms with Gasteiger partial charge in [0, 0.05) is 13.1 Å². The predicted molar refractivity (Wildman–Crippen MR) is 83.8 cm³/mol. The monoisotopic (exact) mass is 318 g/mol. The highest BCUT2D eigenvalue weighted by Crippen LogP contribution is 2.29. The van der Waals surface area contributed by atoms with Crippen molar-refractivity contribution in [2.75, 3.05) is 5.32 Å². The van der Waals surface area contributed by atoms with Crippen LogP contribution in [0.3, 0.4) is 0 Å². The minimum atomic E-state index is -0.726. The third kappa shape index (κ3) is 2.26. The topological polar surface area (TPSA) is 98.3 Å². The van der Waals surface area contributed by atoms with E-state index >= 15 is 0 Å². The van der Waals surface area contributed by atoms with Crippen LogP contribution >= 0.6 is 0 Å². The number of furan rings is 1. The molecule has 1 aliphatic rings. The number of hydrogen-bond donors (Lipinski definition) is 2. The maximum atomic E-state index is 12.7. The average molecular weight is 318 g/mol. The molecule has 1 unspecified atom stereocenters. The molecule has 8 nitrogen and oxygen atoms in total. The van der Waals surface area contributed by atoms with Gasteiger partial charge in [-0.3, -0.25) is 19.2 Å². The van der Waals surface area contributed by atoms with E-state index in [9.17, 15) is 14.4 Å². The number of anilines is 1. The fraction of sp³-hybridized carbons (Fsp3) is 0.400. The Balaban J connectivity index is 2.34. The molecule has 2 amide bonds. The third-order valence-electron chi connectivity index (χ3n) is 3.94. The highest BCUT2D eigenvalue weighted by atomic mass is 16.3. The zero-order chi connectivity index (χ0) is 16.7. The summed E-state index contributed by atoms with van der Waals surface area (Å²) in [5, 5.41) is 5.27. The number of nitrogens with one attached hydrogen (secondary N) is 2. The number of fused-ring (bicyclic) bond motifs is 1. The summed E-state index contributed by atoms with van der Waals surface area (Å²) in [5.74, 6) is 1.36. The Hall–Kier alpha value is -2.77. The highest BCUT2D eigenvalue weighted by molar-refractivity contribution is 5.92. The van der Waals surface area contributed by atoms with Gasteiger partial charge in [0.05, 0.1) is 5.56 Å². The molecule has 3 heterocycles. The van der Waals surface area contributed by atoms with Gasteiger partial charge in [-0.05, 0) is 32.9 Å². The van der Waals surface area contributed by atoms with Gasteiger partial charge in [0.2, 0.25) is 0 Å². The van der Waals surface area contributed by atoms with Crippen molar-refractivity contribution in [3.63, 3.8) is 0 Å². The van der Waals surface area contributed by atoms with E-state index in [4.69, 9.17) is 4.42 Å². The summed E-state index contributed by atoms with van der Waals surface area (Å²) in [6.07, 6.45) is 0. The lowest BCUT2D eigenvalue weighted by atomic mass is 10.0. The Morgan fingerprint density at radius 2 is 1.83 bits per heavy atom. The fourth-order valence-electron chi connectivity index (χ4n) is 2.86. The molecule has 0 saturated heterocycles. The van der Waals surface area contributed by atoms with Gasteiger partial charge < -0.3 is 9.73 Å². The van der Waals surface area contributed by atoms with Crippen LogP contribution in [-0.2, 0) is 13.1 Å². The van der Waals surface area contributed by atoms with Crippen LogP contribution in [0.2, 0.25) is 0 Å². The van der Waals surface area contributed by atoms with Crippen LogP contribution in [0.5, 0.6) is 0 Å². The minimum Gasteiger partial charge on any atom is -0.464 e. The standard InChI is InChI=1S/C15H18N4O4/c1-4-18-12-10(13(20)19(5-2)15(18)22)11(16-14(21)17-12)9-7-6-8(3)23-9/h6-7,11H,4-5H2,1-3H3,(H2,16,17,21). The lowest BCUT2D eigenvalue weighted by Crippen LogP contribution is -2.50. The third-order valence-corrected chi connectivity index (χ3v) is 3.94. The molecule has 2 aromatic heterocycles.